The number of aliphatic hydroxyl groups is 1. The van der Waals surface area contributed by atoms with Crippen molar-refractivity contribution in [3.05, 3.63) is 23.0 Å². The minimum absolute atomic E-state index is 0.0575. The number of nitrogens with zero attached hydrogens (tertiary/aromatic N) is 1. The van der Waals surface area contributed by atoms with Gasteiger partial charge in [0.1, 0.15) is 5.75 Å². The molecule has 0 saturated heterocycles. The molecule has 1 atom stereocenters. The lowest BCUT2D eigenvalue weighted by atomic mass is 10.1. The SMILES string of the molecule is CCNC(=O)C(C)NCc1c(CO)cnc(C)c1O. The van der Waals surface area contributed by atoms with Gasteiger partial charge >= 0.3 is 0 Å². The van der Waals surface area contributed by atoms with Crippen molar-refractivity contribution in [1.29, 1.82) is 0 Å². The maximum atomic E-state index is 11.6. The van der Waals surface area contributed by atoms with Crippen LogP contribution < -0.4 is 10.6 Å². The van der Waals surface area contributed by atoms with E-state index in [1.165, 1.54) is 6.20 Å². The van der Waals surface area contributed by atoms with E-state index >= 15 is 0 Å². The zero-order valence-electron chi connectivity index (χ0n) is 11.5. The topological polar surface area (TPSA) is 94.5 Å². The number of rotatable bonds is 6. The summed E-state index contributed by atoms with van der Waals surface area (Å²) in [4.78, 5) is 15.6. The Labute approximate surface area is 112 Å². The van der Waals surface area contributed by atoms with Gasteiger partial charge in [0, 0.05) is 30.4 Å². The van der Waals surface area contributed by atoms with Crippen LogP contribution in [0.25, 0.3) is 0 Å². The normalized spacial score (nSPS) is 12.2. The maximum Gasteiger partial charge on any atom is 0.236 e. The standard InChI is InChI=1S/C13H21N3O3/c1-4-14-13(19)9(3)16-6-11-10(7-17)5-15-8(2)12(11)18/h5,9,16-18H,4,6-7H2,1-3H3,(H,14,19). The van der Waals surface area contributed by atoms with Gasteiger partial charge < -0.3 is 20.8 Å². The first-order chi connectivity index (χ1) is 9.01. The van der Waals surface area contributed by atoms with Crippen LogP contribution in [0.15, 0.2) is 6.20 Å². The zero-order chi connectivity index (χ0) is 14.4. The third-order valence-corrected chi connectivity index (χ3v) is 2.93. The predicted molar refractivity (Wildman–Crippen MR) is 71.5 cm³/mol. The molecule has 1 aromatic heterocycles. The van der Waals surface area contributed by atoms with Crippen LogP contribution in [0.5, 0.6) is 5.75 Å². The number of pyridine rings is 1. The summed E-state index contributed by atoms with van der Waals surface area (Å²) in [7, 11) is 0. The number of aromatic nitrogens is 1. The van der Waals surface area contributed by atoms with Crippen LogP contribution >= 0.6 is 0 Å². The summed E-state index contributed by atoms with van der Waals surface area (Å²) in [5, 5.41) is 24.9. The van der Waals surface area contributed by atoms with E-state index in [0.717, 1.165) is 0 Å². The number of aryl methyl sites for hydroxylation is 1. The third kappa shape index (κ3) is 3.90. The van der Waals surface area contributed by atoms with Gasteiger partial charge in [-0.1, -0.05) is 0 Å². The molecule has 6 heteroatoms. The van der Waals surface area contributed by atoms with E-state index in [1.54, 1.807) is 13.8 Å². The first kappa shape index (κ1) is 15.4. The number of likely N-dealkylation sites (N-methyl/N-ethyl adjacent to an activating group) is 1. The Kier molecular flexibility index (Phi) is 5.72. The average molecular weight is 267 g/mol. The number of carbonyl (C=O) groups excluding carboxylic acids is 1. The minimum atomic E-state index is -0.376. The molecule has 1 amide bonds. The van der Waals surface area contributed by atoms with Gasteiger partial charge in [-0.15, -0.1) is 0 Å². The van der Waals surface area contributed by atoms with E-state index in [2.05, 4.69) is 15.6 Å². The molecular formula is C13H21N3O3. The second kappa shape index (κ2) is 7.06. The van der Waals surface area contributed by atoms with Crippen LogP contribution in [0.4, 0.5) is 0 Å². The second-order valence-electron chi connectivity index (χ2n) is 4.35. The van der Waals surface area contributed by atoms with Crippen LogP contribution in [0, 0.1) is 6.92 Å². The number of amides is 1. The number of hydrogen-bond acceptors (Lipinski definition) is 5. The number of nitrogens with one attached hydrogen (secondary N) is 2. The Balaban J connectivity index is 2.77. The first-order valence-electron chi connectivity index (χ1n) is 6.29. The smallest absolute Gasteiger partial charge is 0.236 e. The van der Waals surface area contributed by atoms with E-state index in [0.29, 0.717) is 29.9 Å². The van der Waals surface area contributed by atoms with E-state index < -0.39 is 0 Å². The largest absolute Gasteiger partial charge is 0.506 e. The molecule has 0 aromatic carbocycles. The molecule has 4 N–H and O–H groups in total. The summed E-state index contributed by atoms with van der Waals surface area (Å²) in [6.45, 7) is 5.96. The van der Waals surface area contributed by atoms with E-state index in [4.69, 9.17) is 0 Å². The molecule has 106 valence electrons. The predicted octanol–water partition coefficient (Wildman–Crippen LogP) is 0.202. The molecule has 0 bridgehead atoms. The van der Waals surface area contributed by atoms with Gasteiger partial charge in [-0.3, -0.25) is 9.78 Å². The summed E-state index contributed by atoms with van der Waals surface area (Å²) >= 11 is 0. The Bertz CT molecular complexity index is 449. The Morgan fingerprint density at radius 2 is 2.21 bits per heavy atom. The van der Waals surface area contributed by atoms with Crippen LogP contribution in [0.1, 0.15) is 30.7 Å². The maximum absolute atomic E-state index is 11.6. The third-order valence-electron chi connectivity index (χ3n) is 2.93. The summed E-state index contributed by atoms with van der Waals surface area (Å²) in [6.07, 6.45) is 1.53. The van der Waals surface area contributed by atoms with Gasteiger partial charge in [0.15, 0.2) is 0 Å². The lowest BCUT2D eigenvalue weighted by Crippen LogP contribution is -2.41. The van der Waals surface area contributed by atoms with Crippen molar-refractivity contribution in [3.63, 3.8) is 0 Å². The number of hydrogen-bond donors (Lipinski definition) is 4. The van der Waals surface area contributed by atoms with E-state index in [1.807, 2.05) is 6.92 Å². The van der Waals surface area contributed by atoms with E-state index in [-0.39, 0.29) is 24.3 Å². The Morgan fingerprint density at radius 3 is 2.79 bits per heavy atom. The average Bonchev–Trinajstić information content (AvgIpc) is 2.40. The highest BCUT2D eigenvalue weighted by Crippen LogP contribution is 2.23. The number of carbonyl (C=O) groups is 1. The minimum Gasteiger partial charge on any atom is -0.506 e. The fourth-order valence-electron chi connectivity index (χ4n) is 1.69. The van der Waals surface area contributed by atoms with Crippen molar-refractivity contribution >= 4 is 5.91 Å². The van der Waals surface area contributed by atoms with Crippen molar-refractivity contribution in [2.45, 2.75) is 40.0 Å². The van der Waals surface area contributed by atoms with Gasteiger partial charge in [-0.2, -0.15) is 0 Å². The van der Waals surface area contributed by atoms with Gasteiger partial charge in [0.05, 0.1) is 18.3 Å². The fraction of sp³-hybridized carbons (Fsp3) is 0.538. The van der Waals surface area contributed by atoms with Crippen molar-refractivity contribution in [3.8, 4) is 5.75 Å². The zero-order valence-corrected chi connectivity index (χ0v) is 11.5. The second-order valence-corrected chi connectivity index (χ2v) is 4.35. The molecule has 19 heavy (non-hydrogen) atoms. The highest BCUT2D eigenvalue weighted by Gasteiger charge is 2.15. The first-order valence-corrected chi connectivity index (χ1v) is 6.29. The van der Waals surface area contributed by atoms with E-state index in [9.17, 15) is 15.0 Å². The Morgan fingerprint density at radius 1 is 1.53 bits per heavy atom. The molecule has 1 rings (SSSR count). The Hall–Kier alpha value is -1.66. The number of aromatic hydroxyl groups is 1. The van der Waals surface area contributed by atoms with Crippen molar-refractivity contribution in [1.82, 2.24) is 15.6 Å². The fourth-order valence-corrected chi connectivity index (χ4v) is 1.69. The molecule has 0 fully saturated rings. The molecule has 0 saturated carbocycles. The van der Waals surface area contributed by atoms with Crippen molar-refractivity contribution in [2.24, 2.45) is 0 Å². The van der Waals surface area contributed by atoms with Crippen LogP contribution in [-0.2, 0) is 17.9 Å². The van der Waals surface area contributed by atoms with Crippen molar-refractivity contribution in [2.75, 3.05) is 6.54 Å². The highest BCUT2D eigenvalue weighted by molar-refractivity contribution is 5.81. The molecule has 0 aliphatic rings. The molecule has 6 nitrogen and oxygen atoms in total. The van der Waals surface area contributed by atoms with Gasteiger partial charge in [-0.25, -0.2) is 0 Å². The summed E-state index contributed by atoms with van der Waals surface area (Å²) in [5.74, 6) is -0.0412. The molecule has 0 aliphatic heterocycles. The molecule has 0 radical (unpaired) electrons. The van der Waals surface area contributed by atoms with Crippen LogP contribution in [0.3, 0.4) is 0 Å². The molecule has 1 heterocycles. The molecule has 0 spiro atoms. The summed E-state index contributed by atoms with van der Waals surface area (Å²) in [5.41, 5.74) is 1.63. The van der Waals surface area contributed by atoms with Gasteiger partial charge in [-0.05, 0) is 20.8 Å². The monoisotopic (exact) mass is 267 g/mol. The summed E-state index contributed by atoms with van der Waals surface area (Å²) in [6, 6.07) is -0.376. The molecule has 0 aliphatic carbocycles. The summed E-state index contributed by atoms with van der Waals surface area (Å²) < 4.78 is 0. The number of aliphatic hydroxyl groups excluding tert-OH is 1. The molecule has 1 unspecified atom stereocenters. The molecular weight excluding hydrogens is 246 g/mol. The quantitative estimate of drug-likeness (QED) is 0.591. The highest BCUT2D eigenvalue weighted by atomic mass is 16.3. The van der Waals surface area contributed by atoms with Crippen LogP contribution in [0.2, 0.25) is 0 Å². The lowest BCUT2D eigenvalue weighted by molar-refractivity contribution is -0.122. The lowest BCUT2D eigenvalue weighted by Gasteiger charge is -2.16. The van der Waals surface area contributed by atoms with Gasteiger partial charge in [0.2, 0.25) is 5.91 Å². The van der Waals surface area contributed by atoms with Crippen LogP contribution in [-0.4, -0.2) is 33.7 Å². The van der Waals surface area contributed by atoms with Gasteiger partial charge in [0.25, 0.3) is 0 Å². The van der Waals surface area contributed by atoms with Crippen molar-refractivity contribution < 1.29 is 15.0 Å². The molecule has 1 aromatic rings.